The normalized spacial score (nSPS) is 15.8. The number of aldehydes is 1. The molecule has 0 bridgehead atoms. The van der Waals surface area contributed by atoms with Crippen molar-refractivity contribution in [3.05, 3.63) is 17.0 Å². The van der Waals surface area contributed by atoms with E-state index in [1.54, 1.807) is 11.3 Å². The smallest absolute Gasteiger partial charge is 0.160 e. The predicted octanol–water partition coefficient (Wildman–Crippen LogP) is 2.30. The second-order valence-corrected chi connectivity index (χ2v) is 5.24. The number of anilines is 1. The zero-order chi connectivity index (χ0) is 11.4. The summed E-state index contributed by atoms with van der Waals surface area (Å²) < 4.78 is 0. The van der Waals surface area contributed by atoms with Crippen molar-refractivity contribution in [3.63, 3.8) is 0 Å². The molecule has 1 aromatic rings. The van der Waals surface area contributed by atoms with Crippen LogP contribution in [0.3, 0.4) is 0 Å². The van der Waals surface area contributed by atoms with Crippen LogP contribution in [0.2, 0.25) is 0 Å². The molecule has 3 nitrogen and oxygen atoms in total. The third-order valence-electron chi connectivity index (χ3n) is 3.08. The fourth-order valence-corrected chi connectivity index (χ4v) is 2.89. The van der Waals surface area contributed by atoms with Crippen LogP contribution in [-0.4, -0.2) is 30.6 Å². The number of rotatable bonds is 6. The average molecular weight is 239 g/mol. The Balaban J connectivity index is 2.06. The third-order valence-corrected chi connectivity index (χ3v) is 4.13. The van der Waals surface area contributed by atoms with Gasteiger partial charge >= 0.3 is 0 Å². The molecule has 0 aromatic carbocycles. The Morgan fingerprint density at radius 1 is 1.50 bits per heavy atom. The number of carbonyl (C=O) groups is 1. The van der Waals surface area contributed by atoms with Crippen molar-refractivity contribution in [2.24, 2.45) is 0 Å². The lowest BCUT2D eigenvalue weighted by atomic mass is 9.91. The van der Waals surface area contributed by atoms with Crippen LogP contribution in [0.15, 0.2) is 12.1 Å². The van der Waals surface area contributed by atoms with Gasteiger partial charge in [-0.3, -0.25) is 4.79 Å². The molecular formula is C12H17NO2S. The summed E-state index contributed by atoms with van der Waals surface area (Å²) >= 11 is 1.55. The summed E-state index contributed by atoms with van der Waals surface area (Å²) in [6, 6.07) is 4.51. The van der Waals surface area contributed by atoms with Crippen LogP contribution in [0.5, 0.6) is 0 Å². The van der Waals surface area contributed by atoms with Crippen molar-refractivity contribution in [2.45, 2.75) is 31.7 Å². The molecule has 1 aliphatic rings. The molecular weight excluding hydrogens is 222 g/mol. The highest BCUT2D eigenvalue weighted by Crippen LogP contribution is 2.33. The van der Waals surface area contributed by atoms with E-state index in [2.05, 4.69) is 4.90 Å². The summed E-state index contributed by atoms with van der Waals surface area (Å²) in [6.45, 7) is 1.12. The van der Waals surface area contributed by atoms with E-state index in [9.17, 15) is 4.79 Å². The lowest BCUT2D eigenvalue weighted by Gasteiger charge is -2.38. The molecule has 0 saturated heterocycles. The number of aliphatic hydroxyl groups excluding tert-OH is 1. The van der Waals surface area contributed by atoms with Gasteiger partial charge < -0.3 is 10.0 Å². The standard InChI is InChI=1S/C12H17NO2S/c14-8-2-7-13(10-3-1-4-10)12-6-5-11(9-15)16-12/h5-6,9-10,14H,1-4,7-8H2. The number of nitrogens with zero attached hydrogens (tertiary/aromatic N) is 1. The molecule has 0 aliphatic heterocycles. The molecule has 1 aromatic heterocycles. The minimum Gasteiger partial charge on any atom is -0.396 e. The van der Waals surface area contributed by atoms with Crippen molar-refractivity contribution in [2.75, 3.05) is 18.1 Å². The van der Waals surface area contributed by atoms with Crippen molar-refractivity contribution < 1.29 is 9.90 Å². The average Bonchev–Trinajstić information content (AvgIpc) is 2.69. The first kappa shape index (κ1) is 11.6. The molecule has 1 N–H and O–H groups in total. The summed E-state index contributed by atoms with van der Waals surface area (Å²) in [5.41, 5.74) is 0. The van der Waals surface area contributed by atoms with Crippen LogP contribution in [0, 0.1) is 0 Å². The molecule has 0 radical (unpaired) electrons. The number of hydrogen-bond donors (Lipinski definition) is 1. The van der Waals surface area contributed by atoms with Gasteiger partial charge in [0, 0.05) is 19.2 Å². The Kier molecular flexibility index (Phi) is 3.96. The maximum absolute atomic E-state index is 10.7. The van der Waals surface area contributed by atoms with Crippen LogP contribution < -0.4 is 4.90 Å². The van der Waals surface area contributed by atoms with E-state index in [0.29, 0.717) is 6.04 Å². The van der Waals surface area contributed by atoms with Gasteiger partial charge in [0.1, 0.15) is 0 Å². The number of hydrogen-bond acceptors (Lipinski definition) is 4. The molecule has 1 saturated carbocycles. The maximum atomic E-state index is 10.7. The summed E-state index contributed by atoms with van der Waals surface area (Å²) in [7, 11) is 0. The molecule has 16 heavy (non-hydrogen) atoms. The predicted molar refractivity (Wildman–Crippen MR) is 66.4 cm³/mol. The molecule has 0 amide bonds. The minimum absolute atomic E-state index is 0.231. The van der Waals surface area contributed by atoms with Gasteiger partial charge in [-0.1, -0.05) is 0 Å². The monoisotopic (exact) mass is 239 g/mol. The summed E-state index contributed by atoms with van der Waals surface area (Å²) in [5.74, 6) is 0. The van der Waals surface area contributed by atoms with E-state index in [-0.39, 0.29) is 6.61 Å². The van der Waals surface area contributed by atoms with E-state index < -0.39 is 0 Å². The molecule has 0 spiro atoms. The Labute approximate surface area is 99.7 Å². The summed E-state index contributed by atoms with van der Waals surface area (Å²) in [6.07, 6.45) is 5.47. The largest absolute Gasteiger partial charge is 0.396 e. The van der Waals surface area contributed by atoms with Crippen LogP contribution in [-0.2, 0) is 0 Å². The van der Waals surface area contributed by atoms with Gasteiger partial charge in [-0.2, -0.15) is 0 Å². The van der Waals surface area contributed by atoms with E-state index in [4.69, 9.17) is 5.11 Å². The van der Waals surface area contributed by atoms with Crippen molar-refractivity contribution in [3.8, 4) is 0 Å². The van der Waals surface area contributed by atoms with Gasteiger partial charge in [-0.15, -0.1) is 11.3 Å². The van der Waals surface area contributed by atoms with Crippen LogP contribution >= 0.6 is 11.3 Å². The molecule has 0 atom stereocenters. The van der Waals surface area contributed by atoms with Gasteiger partial charge in [-0.05, 0) is 37.8 Å². The number of aliphatic hydroxyl groups is 1. The zero-order valence-corrected chi connectivity index (χ0v) is 10.1. The lowest BCUT2D eigenvalue weighted by Crippen LogP contribution is -2.40. The maximum Gasteiger partial charge on any atom is 0.160 e. The molecule has 2 rings (SSSR count). The van der Waals surface area contributed by atoms with Gasteiger partial charge in [-0.25, -0.2) is 0 Å². The second kappa shape index (κ2) is 5.46. The first-order valence-corrected chi connectivity index (χ1v) is 6.59. The highest BCUT2D eigenvalue weighted by molar-refractivity contribution is 7.17. The molecule has 1 aliphatic carbocycles. The Bertz CT molecular complexity index is 347. The van der Waals surface area contributed by atoms with Gasteiger partial charge in [0.15, 0.2) is 6.29 Å². The third kappa shape index (κ3) is 2.44. The van der Waals surface area contributed by atoms with Gasteiger partial charge in [0.05, 0.1) is 9.88 Å². The minimum atomic E-state index is 0.231. The van der Waals surface area contributed by atoms with E-state index in [0.717, 1.165) is 24.1 Å². The van der Waals surface area contributed by atoms with Crippen molar-refractivity contribution in [1.29, 1.82) is 0 Å². The summed E-state index contributed by atoms with van der Waals surface area (Å²) in [4.78, 5) is 13.8. The Hall–Kier alpha value is -0.870. The van der Waals surface area contributed by atoms with E-state index in [1.807, 2.05) is 12.1 Å². The lowest BCUT2D eigenvalue weighted by molar-refractivity contribution is 0.112. The quantitative estimate of drug-likeness (QED) is 0.774. The summed E-state index contributed by atoms with van der Waals surface area (Å²) in [5, 5.41) is 10.1. The molecule has 1 fully saturated rings. The molecule has 1 heterocycles. The molecule has 4 heteroatoms. The zero-order valence-electron chi connectivity index (χ0n) is 9.26. The van der Waals surface area contributed by atoms with E-state index >= 15 is 0 Å². The van der Waals surface area contributed by atoms with Crippen molar-refractivity contribution in [1.82, 2.24) is 0 Å². The fourth-order valence-electron chi connectivity index (χ4n) is 1.97. The van der Waals surface area contributed by atoms with E-state index in [1.165, 1.54) is 24.3 Å². The second-order valence-electron chi connectivity index (χ2n) is 4.15. The molecule has 88 valence electrons. The highest BCUT2D eigenvalue weighted by Gasteiger charge is 2.25. The number of carbonyl (C=O) groups excluding carboxylic acids is 1. The highest BCUT2D eigenvalue weighted by atomic mass is 32.1. The van der Waals surface area contributed by atoms with Crippen molar-refractivity contribution >= 4 is 22.6 Å². The first-order valence-electron chi connectivity index (χ1n) is 5.77. The number of thiophene rings is 1. The van der Waals surface area contributed by atoms with Gasteiger partial charge in [0.2, 0.25) is 0 Å². The fraction of sp³-hybridized carbons (Fsp3) is 0.583. The molecule has 0 unspecified atom stereocenters. The van der Waals surface area contributed by atoms with Crippen LogP contribution in [0.1, 0.15) is 35.4 Å². The van der Waals surface area contributed by atoms with Crippen LogP contribution in [0.25, 0.3) is 0 Å². The Morgan fingerprint density at radius 2 is 2.31 bits per heavy atom. The van der Waals surface area contributed by atoms with Gasteiger partial charge in [0.25, 0.3) is 0 Å². The topological polar surface area (TPSA) is 40.5 Å². The Morgan fingerprint density at radius 3 is 2.81 bits per heavy atom. The first-order chi connectivity index (χ1) is 7.85. The van der Waals surface area contributed by atoms with Crippen LogP contribution in [0.4, 0.5) is 5.00 Å². The SMILES string of the molecule is O=Cc1ccc(N(CCCO)C2CCC2)s1.